The third-order valence-electron chi connectivity index (χ3n) is 3.42. The second-order valence-corrected chi connectivity index (χ2v) is 5.38. The minimum absolute atomic E-state index is 0.729. The van der Waals surface area contributed by atoms with Crippen molar-refractivity contribution in [2.24, 2.45) is 0 Å². The molecule has 0 aliphatic heterocycles. The van der Waals surface area contributed by atoms with Crippen LogP contribution in [0.4, 0.5) is 0 Å². The standard InChI is InChI=1S/C15H22ClNO/c16-13-6-4-9-15(12-13)18-11-5-10-17-14-7-2-1-3-8-14/h4,6,9,12,14,17H,1-3,5,7-8,10-11H2. The zero-order valence-electron chi connectivity index (χ0n) is 10.8. The van der Waals surface area contributed by atoms with Crippen molar-refractivity contribution in [3.8, 4) is 5.75 Å². The van der Waals surface area contributed by atoms with Crippen LogP contribution in [0.5, 0.6) is 5.75 Å². The van der Waals surface area contributed by atoms with E-state index in [1.165, 1.54) is 32.1 Å². The van der Waals surface area contributed by atoms with Gasteiger partial charge in [-0.2, -0.15) is 0 Å². The first-order valence-corrected chi connectivity index (χ1v) is 7.34. The van der Waals surface area contributed by atoms with Crippen molar-refractivity contribution < 1.29 is 4.74 Å². The first kappa shape index (κ1) is 13.7. The molecular weight excluding hydrogens is 246 g/mol. The molecule has 0 radical (unpaired) electrons. The number of nitrogens with one attached hydrogen (secondary N) is 1. The van der Waals surface area contributed by atoms with Crippen molar-refractivity contribution >= 4 is 11.6 Å². The predicted molar refractivity (Wildman–Crippen MR) is 76.4 cm³/mol. The molecule has 0 aromatic heterocycles. The molecular formula is C15H22ClNO. The Bertz CT molecular complexity index is 350. The molecule has 1 fully saturated rings. The van der Waals surface area contributed by atoms with Gasteiger partial charge in [-0.05, 0) is 44.0 Å². The highest BCUT2D eigenvalue weighted by atomic mass is 35.5. The highest BCUT2D eigenvalue weighted by Gasteiger charge is 2.11. The Labute approximate surface area is 115 Å². The molecule has 0 atom stereocenters. The van der Waals surface area contributed by atoms with Crippen LogP contribution in [0, 0.1) is 0 Å². The molecule has 2 nitrogen and oxygen atoms in total. The highest BCUT2D eigenvalue weighted by molar-refractivity contribution is 6.30. The summed E-state index contributed by atoms with van der Waals surface area (Å²) in [5.41, 5.74) is 0. The number of hydrogen-bond acceptors (Lipinski definition) is 2. The van der Waals surface area contributed by atoms with Gasteiger partial charge in [0.15, 0.2) is 0 Å². The van der Waals surface area contributed by atoms with Gasteiger partial charge in [0.05, 0.1) is 6.61 Å². The van der Waals surface area contributed by atoms with Crippen LogP contribution >= 0.6 is 11.6 Å². The van der Waals surface area contributed by atoms with Gasteiger partial charge in [-0.25, -0.2) is 0 Å². The normalized spacial score (nSPS) is 16.7. The van der Waals surface area contributed by atoms with Crippen LogP contribution in [0.25, 0.3) is 0 Å². The maximum atomic E-state index is 5.89. The maximum absolute atomic E-state index is 5.89. The summed E-state index contributed by atoms with van der Waals surface area (Å²) in [5.74, 6) is 0.861. The predicted octanol–water partition coefficient (Wildman–Crippen LogP) is 4.03. The SMILES string of the molecule is Clc1cccc(OCCCNC2CCCCC2)c1. The van der Waals surface area contributed by atoms with E-state index in [1.807, 2.05) is 24.3 Å². The molecule has 1 N–H and O–H groups in total. The summed E-state index contributed by atoms with van der Waals surface area (Å²) in [6.45, 7) is 1.80. The van der Waals surface area contributed by atoms with E-state index in [0.717, 1.165) is 36.4 Å². The molecule has 0 heterocycles. The molecule has 1 aliphatic rings. The monoisotopic (exact) mass is 267 g/mol. The van der Waals surface area contributed by atoms with Crippen LogP contribution in [-0.2, 0) is 0 Å². The number of rotatable bonds is 6. The molecule has 0 amide bonds. The Balaban J connectivity index is 1.55. The zero-order valence-corrected chi connectivity index (χ0v) is 11.6. The van der Waals surface area contributed by atoms with Crippen molar-refractivity contribution in [1.82, 2.24) is 5.32 Å². The lowest BCUT2D eigenvalue weighted by Crippen LogP contribution is -2.32. The van der Waals surface area contributed by atoms with Gasteiger partial charge < -0.3 is 10.1 Å². The van der Waals surface area contributed by atoms with Gasteiger partial charge in [-0.1, -0.05) is 36.9 Å². The van der Waals surface area contributed by atoms with E-state index < -0.39 is 0 Å². The fourth-order valence-corrected chi connectivity index (χ4v) is 2.61. The topological polar surface area (TPSA) is 21.3 Å². The first-order valence-electron chi connectivity index (χ1n) is 6.96. The lowest BCUT2D eigenvalue weighted by Gasteiger charge is -2.22. The third kappa shape index (κ3) is 4.87. The Morgan fingerprint density at radius 1 is 1.22 bits per heavy atom. The highest BCUT2D eigenvalue weighted by Crippen LogP contribution is 2.18. The molecule has 0 spiro atoms. The third-order valence-corrected chi connectivity index (χ3v) is 3.66. The second kappa shape index (κ2) is 7.65. The summed E-state index contributed by atoms with van der Waals surface area (Å²) in [5, 5.41) is 4.34. The fraction of sp³-hybridized carbons (Fsp3) is 0.600. The molecule has 0 saturated heterocycles. The van der Waals surface area contributed by atoms with E-state index in [2.05, 4.69) is 5.32 Å². The Kier molecular flexibility index (Phi) is 5.82. The van der Waals surface area contributed by atoms with Gasteiger partial charge in [0.1, 0.15) is 5.75 Å². The van der Waals surface area contributed by atoms with Crippen LogP contribution < -0.4 is 10.1 Å². The van der Waals surface area contributed by atoms with Gasteiger partial charge in [0.25, 0.3) is 0 Å². The van der Waals surface area contributed by atoms with Gasteiger partial charge in [-0.3, -0.25) is 0 Å². The van der Waals surface area contributed by atoms with Gasteiger partial charge in [0, 0.05) is 11.1 Å². The van der Waals surface area contributed by atoms with Crippen molar-refractivity contribution in [1.29, 1.82) is 0 Å². The molecule has 0 bridgehead atoms. The van der Waals surface area contributed by atoms with Crippen LogP contribution in [-0.4, -0.2) is 19.2 Å². The Morgan fingerprint density at radius 2 is 2.06 bits per heavy atom. The average molecular weight is 268 g/mol. The van der Waals surface area contributed by atoms with Crippen molar-refractivity contribution in [3.05, 3.63) is 29.3 Å². The van der Waals surface area contributed by atoms with E-state index in [4.69, 9.17) is 16.3 Å². The van der Waals surface area contributed by atoms with Crippen LogP contribution in [0.15, 0.2) is 24.3 Å². The van der Waals surface area contributed by atoms with Crippen LogP contribution in [0.2, 0.25) is 5.02 Å². The lowest BCUT2D eigenvalue weighted by atomic mass is 9.95. The zero-order chi connectivity index (χ0) is 12.6. The van der Waals surface area contributed by atoms with Gasteiger partial charge >= 0.3 is 0 Å². The summed E-state index contributed by atoms with van der Waals surface area (Å²) in [6, 6.07) is 8.32. The Hall–Kier alpha value is -0.730. The Morgan fingerprint density at radius 3 is 2.83 bits per heavy atom. The summed E-state index contributed by atoms with van der Waals surface area (Å²) >= 11 is 5.89. The van der Waals surface area contributed by atoms with Crippen LogP contribution in [0.1, 0.15) is 38.5 Å². The lowest BCUT2D eigenvalue weighted by molar-refractivity contribution is 0.297. The smallest absolute Gasteiger partial charge is 0.120 e. The minimum atomic E-state index is 0.729. The minimum Gasteiger partial charge on any atom is -0.493 e. The van der Waals surface area contributed by atoms with Crippen molar-refractivity contribution in [2.45, 2.75) is 44.6 Å². The van der Waals surface area contributed by atoms with Crippen LogP contribution in [0.3, 0.4) is 0 Å². The summed E-state index contributed by atoms with van der Waals surface area (Å²) in [4.78, 5) is 0. The number of halogens is 1. The fourth-order valence-electron chi connectivity index (χ4n) is 2.43. The summed E-state index contributed by atoms with van der Waals surface area (Å²) in [7, 11) is 0. The molecule has 0 unspecified atom stereocenters. The number of benzene rings is 1. The number of ether oxygens (including phenoxy) is 1. The van der Waals surface area contributed by atoms with Gasteiger partial charge in [-0.15, -0.1) is 0 Å². The van der Waals surface area contributed by atoms with E-state index in [0.29, 0.717) is 0 Å². The molecule has 3 heteroatoms. The largest absolute Gasteiger partial charge is 0.493 e. The van der Waals surface area contributed by atoms with E-state index in [9.17, 15) is 0 Å². The molecule has 18 heavy (non-hydrogen) atoms. The number of hydrogen-bond donors (Lipinski definition) is 1. The van der Waals surface area contributed by atoms with Crippen molar-refractivity contribution in [2.75, 3.05) is 13.2 Å². The van der Waals surface area contributed by atoms with Gasteiger partial charge in [0.2, 0.25) is 0 Å². The molecule has 2 rings (SSSR count). The van der Waals surface area contributed by atoms with E-state index in [-0.39, 0.29) is 0 Å². The molecule has 1 saturated carbocycles. The summed E-state index contributed by atoms with van der Waals surface area (Å²) < 4.78 is 5.65. The molecule has 1 aromatic rings. The first-order chi connectivity index (χ1) is 8.84. The maximum Gasteiger partial charge on any atom is 0.120 e. The van der Waals surface area contributed by atoms with Crippen molar-refractivity contribution in [3.63, 3.8) is 0 Å². The van der Waals surface area contributed by atoms with E-state index in [1.54, 1.807) is 0 Å². The molecule has 1 aliphatic carbocycles. The molecule has 1 aromatic carbocycles. The second-order valence-electron chi connectivity index (χ2n) is 4.95. The van der Waals surface area contributed by atoms with E-state index >= 15 is 0 Å². The quantitative estimate of drug-likeness (QED) is 0.786. The molecule has 100 valence electrons. The summed E-state index contributed by atoms with van der Waals surface area (Å²) in [6.07, 6.45) is 7.91. The average Bonchev–Trinajstić information content (AvgIpc) is 2.40.